The molecule has 1 N–H and O–H groups in total. The zero-order valence-electron chi connectivity index (χ0n) is 10.5. The maximum absolute atomic E-state index is 4.34. The lowest BCUT2D eigenvalue weighted by molar-refractivity contribution is 0.509. The van der Waals surface area contributed by atoms with Crippen molar-refractivity contribution in [1.29, 1.82) is 0 Å². The standard InChI is InChI=1S/C12H16BrN5/c1-9(2)8-18-4-3-14-11(18)7-17-12-15-5-10(13)6-16-12/h3-6,9H,7-8H2,1-2H3,(H,15,16,17). The van der Waals surface area contributed by atoms with Crippen molar-refractivity contribution >= 4 is 21.9 Å². The number of hydrogen-bond acceptors (Lipinski definition) is 4. The van der Waals surface area contributed by atoms with E-state index in [-0.39, 0.29) is 0 Å². The largest absolute Gasteiger partial charge is 0.347 e. The zero-order chi connectivity index (χ0) is 13.0. The van der Waals surface area contributed by atoms with Gasteiger partial charge in [-0.05, 0) is 21.8 Å². The summed E-state index contributed by atoms with van der Waals surface area (Å²) in [5.74, 6) is 2.20. The molecule has 0 atom stereocenters. The first kappa shape index (κ1) is 13.0. The van der Waals surface area contributed by atoms with Gasteiger partial charge in [-0.25, -0.2) is 15.0 Å². The molecular formula is C12H16BrN5. The summed E-state index contributed by atoms with van der Waals surface area (Å²) < 4.78 is 3.02. The predicted octanol–water partition coefficient (Wildman–Crippen LogP) is 2.70. The van der Waals surface area contributed by atoms with Crippen LogP contribution < -0.4 is 5.32 Å². The fraction of sp³-hybridized carbons (Fsp3) is 0.417. The third kappa shape index (κ3) is 3.53. The molecule has 96 valence electrons. The number of anilines is 1. The molecular weight excluding hydrogens is 294 g/mol. The molecule has 0 unspecified atom stereocenters. The fourth-order valence-electron chi connectivity index (χ4n) is 1.63. The minimum atomic E-state index is 0.599. The summed E-state index contributed by atoms with van der Waals surface area (Å²) >= 11 is 3.30. The summed E-state index contributed by atoms with van der Waals surface area (Å²) in [6, 6.07) is 0. The van der Waals surface area contributed by atoms with Gasteiger partial charge in [0.2, 0.25) is 5.95 Å². The van der Waals surface area contributed by atoms with Gasteiger partial charge < -0.3 is 9.88 Å². The maximum Gasteiger partial charge on any atom is 0.223 e. The van der Waals surface area contributed by atoms with E-state index in [1.54, 1.807) is 12.4 Å². The highest BCUT2D eigenvalue weighted by Crippen LogP contribution is 2.08. The molecule has 0 saturated carbocycles. The van der Waals surface area contributed by atoms with Gasteiger partial charge in [-0.2, -0.15) is 0 Å². The van der Waals surface area contributed by atoms with Crippen LogP contribution in [0.1, 0.15) is 19.7 Å². The third-order valence-electron chi connectivity index (χ3n) is 2.39. The van der Waals surface area contributed by atoms with Gasteiger partial charge in [-0.3, -0.25) is 0 Å². The molecule has 0 radical (unpaired) electrons. The first-order chi connectivity index (χ1) is 8.65. The molecule has 2 aromatic rings. The van der Waals surface area contributed by atoms with Crippen LogP contribution in [-0.2, 0) is 13.1 Å². The quantitative estimate of drug-likeness (QED) is 0.922. The topological polar surface area (TPSA) is 55.6 Å². The van der Waals surface area contributed by atoms with Crippen LogP contribution in [0.2, 0.25) is 0 Å². The van der Waals surface area contributed by atoms with Gasteiger partial charge in [0.05, 0.1) is 11.0 Å². The SMILES string of the molecule is CC(C)Cn1ccnc1CNc1ncc(Br)cn1. The van der Waals surface area contributed by atoms with Crippen LogP contribution in [0.4, 0.5) is 5.95 Å². The van der Waals surface area contributed by atoms with Crippen molar-refractivity contribution in [3.63, 3.8) is 0 Å². The summed E-state index contributed by atoms with van der Waals surface area (Å²) in [5, 5.41) is 3.16. The van der Waals surface area contributed by atoms with Crippen LogP contribution in [-0.4, -0.2) is 19.5 Å². The van der Waals surface area contributed by atoms with Crippen molar-refractivity contribution in [2.75, 3.05) is 5.32 Å². The van der Waals surface area contributed by atoms with Gasteiger partial charge in [0, 0.05) is 31.3 Å². The summed E-state index contributed by atoms with van der Waals surface area (Å²) in [4.78, 5) is 12.7. The molecule has 0 aliphatic carbocycles. The molecule has 0 aromatic carbocycles. The van der Waals surface area contributed by atoms with Crippen molar-refractivity contribution in [3.8, 4) is 0 Å². The molecule has 0 bridgehead atoms. The highest BCUT2D eigenvalue weighted by molar-refractivity contribution is 9.10. The van der Waals surface area contributed by atoms with Crippen molar-refractivity contribution in [1.82, 2.24) is 19.5 Å². The van der Waals surface area contributed by atoms with Crippen LogP contribution >= 0.6 is 15.9 Å². The Morgan fingerprint density at radius 1 is 1.28 bits per heavy atom. The Kier molecular flexibility index (Phi) is 4.30. The second-order valence-corrected chi connectivity index (χ2v) is 5.38. The second kappa shape index (κ2) is 5.95. The molecule has 5 nitrogen and oxygen atoms in total. The summed E-state index contributed by atoms with van der Waals surface area (Å²) in [5.41, 5.74) is 0. The van der Waals surface area contributed by atoms with E-state index in [1.807, 2.05) is 12.4 Å². The van der Waals surface area contributed by atoms with E-state index in [2.05, 4.69) is 54.6 Å². The number of halogens is 1. The van der Waals surface area contributed by atoms with Gasteiger partial charge in [-0.1, -0.05) is 13.8 Å². The van der Waals surface area contributed by atoms with E-state index in [1.165, 1.54) is 0 Å². The van der Waals surface area contributed by atoms with Gasteiger partial charge in [-0.15, -0.1) is 0 Å². The monoisotopic (exact) mass is 309 g/mol. The Labute approximate surface area is 115 Å². The number of aromatic nitrogens is 4. The molecule has 0 fully saturated rings. The van der Waals surface area contributed by atoms with E-state index in [9.17, 15) is 0 Å². The lowest BCUT2D eigenvalue weighted by Gasteiger charge is -2.10. The summed E-state index contributed by atoms with van der Waals surface area (Å²) in [6.45, 7) is 5.98. The Balaban J connectivity index is 1.97. The maximum atomic E-state index is 4.34. The van der Waals surface area contributed by atoms with Crippen LogP contribution in [0.3, 0.4) is 0 Å². The molecule has 0 aliphatic heterocycles. The molecule has 0 spiro atoms. The molecule has 0 aliphatic rings. The molecule has 2 aromatic heterocycles. The van der Waals surface area contributed by atoms with Gasteiger partial charge >= 0.3 is 0 Å². The number of hydrogen-bond donors (Lipinski definition) is 1. The molecule has 2 heterocycles. The molecule has 0 saturated heterocycles. The Morgan fingerprint density at radius 2 is 2.00 bits per heavy atom. The third-order valence-corrected chi connectivity index (χ3v) is 2.80. The highest BCUT2D eigenvalue weighted by atomic mass is 79.9. The Hall–Kier alpha value is -1.43. The smallest absolute Gasteiger partial charge is 0.223 e. The zero-order valence-corrected chi connectivity index (χ0v) is 12.1. The van der Waals surface area contributed by atoms with Crippen LogP contribution in [0, 0.1) is 5.92 Å². The minimum absolute atomic E-state index is 0.599. The average molecular weight is 310 g/mol. The predicted molar refractivity (Wildman–Crippen MR) is 74.1 cm³/mol. The lowest BCUT2D eigenvalue weighted by atomic mass is 10.2. The number of nitrogens with zero attached hydrogens (tertiary/aromatic N) is 4. The Morgan fingerprint density at radius 3 is 2.67 bits per heavy atom. The summed E-state index contributed by atoms with van der Waals surface area (Å²) in [6.07, 6.45) is 7.26. The van der Waals surface area contributed by atoms with Crippen molar-refractivity contribution in [2.24, 2.45) is 5.92 Å². The fourth-order valence-corrected chi connectivity index (χ4v) is 1.83. The van der Waals surface area contributed by atoms with E-state index in [0.29, 0.717) is 18.4 Å². The van der Waals surface area contributed by atoms with Crippen LogP contribution in [0.15, 0.2) is 29.3 Å². The molecule has 18 heavy (non-hydrogen) atoms. The van der Waals surface area contributed by atoms with E-state index in [0.717, 1.165) is 16.8 Å². The first-order valence-corrected chi connectivity index (χ1v) is 6.66. The average Bonchev–Trinajstić information content (AvgIpc) is 2.75. The number of rotatable bonds is 5. The number of nitrogens with one attached hydrogen (secondary N) is 1. The minimum Gasteiger partial charge on any atom is -0.347 e. The van der Waals surface area contributed by atoms with Crippen molar-refractivity contribution in [2.45, 2.75) is 26.9 Å². The Bertz CT molecular complexity index is 491. The van der Waals surface area contributed by atoms with Gasteiger partial charge in [0.15, 0.2) is 0 Å². The first-order valence-electron chi connectivity index (χ1n) is 5.86. The highest BCUT2D eigenvalue weighted by Gasteiger charge is 2.05. The van der Waals surface area contributed by atoms with Crippen LogP contribution in [0.5, 0.6) is 0 Å². The molecule has 2 rings (SSSR count). The van der Waals surface area contributed by atoms with Gasteiger partial charge in [0.25, 0.3) is 0 Å². The molecule has 0 amide bonds. The van der Waals surface area contributed by atoms with Crippen molar-refractivity contribution in [3.05, 3.63) is 35.1 Å². The number of imidazole rings is 1. The summed E-state index contributed by atoms with van der Waals surface area (Å²) in [7, 11) is 0. The van der Waals surface area contributed by atoms with Crippen LogP contribution in [0.25, 0.3) is 0 Å². The lowest BCUT2D eigenvalue weighted by Crippen LogP contribution is -2.12. The van der Waals surface area contributed by atoms with Crippen molar-refractivity contribution < 1.29 is 0 Å². The normalized spacial score (nSPS) is 10.9. The molecule has 6 heteroatoms. The van der Waals surface area contributed by atoms with E-state index >= 15 is 0 Å². The van der Waals surface area contributed by atoms with E-state index in [4.69, 9.17) is 0 Å². The van der Waals surface area contributed by atoms with Gasteiger partial charge in [0.1, 0.15) is 5.82 Å². The second-order valence-electron chi connectivity index (χ2n) is 4.47. The van der Waals surface area contributed by atoms with E-state index < -0.39 is 0 Å².